The lowest BCUT2D eigenvalue weighted by Gasteiger charge is -2.30. The molecule has 0 bridgehead atoms. The maximum absolute atomic E-state index is 13.9. The van der Waals surface area contributed by atoms with Gasteiger partial charge in [-0.2, -0.15) is 0 Å². The van der Waals surface area contributed by atoms with Gasteiger partial charge >= 0.3 is 6.03 Å². The van der Waals surface area contributed by atoms with Crippen molar-refractivity contribution in [2.24, 2.45) is 0 Å². The van der Waals surface area contributed by atoms with Crippen molar-refractivity contribution in [1.29, 1.82) is 0 Å². The average Bonchev–Trinajstić information content (AvgIpc) is 3.50. The molecule has 0 fully saturated rings. The van der Waals surface area contributed by atoms with E-state index in [9.17, 15) is 4.79 Å². The first-order valence-corrected chi connectivity index (χ1v) is 12.1. The van der Waals surface area contributed by atoms with Gasteiger partial charge in [0.15, 0.2) is 0 Å². The van der Waals surface area contributed by atoms with E-state index in [-0.39, 0.29) is 12.1 Å². The summed E-state index contributed by atoms with van der Waals surface area (Å²) >= 11 is 1.70. The highest BCUT2D eigenvalue weighted by molar-refractivity contribution is 7.10. The minimum Gasteiger partial charge on any atom is -0.318 e. The van der Waals surface area contributed by atoms with Crippen LogP contribution in [-0.4, -0.2) is 15.5 Å². The van der Waals surface area contributed by atoms with Gasteiger partial charge in [-0.25, -0.2) is 4.79 Å². The van der Waals surface area contributed by atoms with Crippen molar-refractivity contribution < 1.29 is 4.79 Å². The molecule has 0 saturated heterocycles. The van der Waals surface area contributed by atoms with Gasteiger partial charge in [-0.3, -0.25) is 0 Å². The topological polar surface area (TPSA) is 37.3 Å². The fraction of sp³-hybridized carbons (Fsp3) is 0.222. The summed E-state index contributed by atoms with van der Waals surface area (Å²) in [4.78, 5) is 17.0. The van der Waals surface area contributed by atoms with Crippen LogP contribution in [0, 0.1) is 0 Å². The number of para-hydroxylation sites is 1. The Morgan fingerprint density at radius 3 is 2.69 bits per heavy atom. The number of amides is 2. The summed E-state index contributed by atoms with van der Waals surface area (Å²) in [7, 11) is 0. The van der Waals surface area contributed by atoms with Crippen molar-refractivity contribution >= 4 is 23.1 Å². The quantitative estimate of drug-likeness (QED) is 0.378. The zero-order valence-electron chi connectivity index (χ0n) is 17.8. The molecule has 1 unspecified atom stereocenters. The zero-order chi connectivity index (χ0) is 21.5. The minimum atomic E-state index is -0.142. The van der Waals surface area contributed by atoms with Crippen molar-refractivity contribution in [3.63, 3.8) is 0 Å². The lowest BCUT2D eigenvalue weighted by atomic mass is 9.90. The van der Waals surface area contributed by atoms with Crippen molar-refractivity contribution in [2.75, 3.05) is 5.32 Å². The van der Waals surface area contributed by atoms with Gasteiger partial charge in [0, 0.05) is 16.8 Å². The van der Waals surface area contributed by atoms with Crippen molar-refractivity contribution in [3.8, 4) is 5.69 Å². The molecule has 1 atom stereocenters. The fourth-order valence-corrected chi connectivity index (χ4v) is 6.02. The Morgan fingerprint density at radius 1 is 0.906 bits per heavy atom. The molecule has 0 spiro atoms. The molecule has 4 nitrogen and oxygen atoms in total. The summed E-state index contributed by atoms with van der Waals surface area (Å²) in [6.07, 6.45) is 6.64. The van der Waals surface area contributed by atoms with Crippen LogP contribution in [0.1, 0.15) is 46.1 Å². The summed E-state index contributed by atoms with van der Waals surface area (Å²) < 4.78 is 2.23. The van der Waals surface area contributed by atoms with Gasteiger partial charge in [-0.15, -0.1) is 11.3 Å². The largest absolute Gasteiger partial charge is 0.323 e. The number of hydrogen-bond donors (Lipinski definition) is 1. The third kappa shape index (κ3) is 3.24. The number of nitrogens with one attached hydrogen (secondary N) is 1. The molecule has 32 heavy (non-hydrogen) atoms. The number of anilines is 1. The first-order chi connectivity index (χ1) is 15.8. The standard InChI is InChI=1S/C27H25N3OS/c31-27(28-22-12-5-10-19-8-1-3-11-21(19)22)30-18-20-9-2-4-13-23(20)29-16-6-14-24(29)26(30)25-15-7-17-32-25/h2,4-7,9-10,12-17,26H,1,3,8,11,18H2,(H,28,31). The second-order valence-electron chi connectivity index (χ2n) is 8.56. The number of carbonyl (C=O) groups is 1. The van der Waals surface area contributed by atoms with Crippen LogP contribution in [0.2, 0.25) is 0 Å². The van der Waals surface area contributed by atoms with Crippen LogP contribution in [0.5, 0.6) is 0 Å². The van der Waals surface area contributed by atoms with Gasteiger partial charge < -0.3 is 14.8 Å². The van der Waals surface area contributed by atoms with Crippen LogP contribution in [0.15, 0.2) is 78.3 Å². The number of fused-ring (bicyclic) bond motifs is 4. The number of aromatic nitrogens is 1. The highest BCUT2D eigenvalue weighted by atomic mass is 32.1. The molecular weight excluding hydrogens is 414 g/mol. The van der Waals surface area contributed by atoms with Gasteiger partial charge in [0.05, 0.1) is 17.9 Å². The molecule has 2 amide bonds. The summed E-state index contributed by atoms with van der Waals surface area (Å²) in [6, 6.07) is 22.9. The summed E-state index contributed by atoms with van der Waals surface area (Å²) in [5.74, 6) is 0. The van der Waals surface area contributed by atoms with Gasteiger partial charge in [-0.1, -0.05) is 36.4 Å². The Balaban J connectivity index is 1.44. The van der Waals surface area contributed by atoms with E-state index < -0.39 is 0 Å². The SMILES string of the molecule is O=C(Nc1cccc2c1CCCC2)N1Cc2ccccc2-n2cccc2C1c1cccs1. The number of urea groups is 1. The number of thiophene rings is 1. The van der Waals surface area contributed by atoms with Crippen LogP contribution in [-0.2, 0) is 19.4 Å². The van der Waals surface area contributed by atoms with E-state index in [0.717, 1.165) is 35.5 Å². The average molecular weight is 440 g/mol. The highest BCUT2D eigenvalue weighted by Crippen LogP contribution is 2.39. The lowest BCUT2D eigenvalue weighted by molar-refractivity contribution is 0.195. The molecule has 160 valence electrons. The molecule has 2 aliphatic rings. The Hall–Kier alpha value is -3.31. The van der Waals surface area contributed by atoms with Crippen molar-refractivity contribution in [1.82, 2.24) is 9.47 Å². The van der Waals surface area contributed by atoms with E-state index in [1.165, 1.54) is 28.8 Å². The molecule has 1 N–H and O–H groups in total. The molecule has 2 aromatic heterocycles. The van der Waals surface area contributed by atoms with Crippen LogP contribution in [0.25, 0.3) is 5.69 Å². The molecule has 3 heterocycles. The summed E-state index contributed by atoms with van der Waals surface area (Å²) in [5.41, 5.74) is 7.04. The van der Waals surface area contributed by atoms with Crippen molar-refractivity contribution in [2.45, 2.75) is 38.3 Å². The molecule has 6 rings (SSSR count). The Kier molecular flexibility index (Phi) is 4.84. The molecule has 0 radical (unpaired) electrons. The third-order valence-electron chi connectivity index (χ3n) is 6.68. The highest BCUT2D eigenvalue weighted by Gasteiger charge is 2.33. The van der Waals surface area contributed by atoms with Crippen molar-refractivity contribution in [3.05, 3.63) is 106 Å². The van der Waals surface area contributed by atoms with Crippen LogP contribution < -0.4 is 5.32 Å². The van der Waals surface area contributed by atoms with Crippen LogP contribution >= 0.6 is 11.3 Å². The number of nitrogens with zero attached hydrogens (tertiary/aromatic N) is 2. The lowest BCUT2D eigenvalue weighted by Crippen LogP contribution is -2.37. The first kappa shape index (κ1) is 19.4. The van der Waals surface area contributed by atoms with E-state index in [4.69, 9.17) is 0 Å². The van der Waals surface area contributed by atoms with Gasteiger partial charge in [-0.05, 0) is 78.1 Å². The smallest absolute Gasteiger partial charge is 0.318 e. The maximum atomic E-state index is 13.9. The number of hydrogen-bond acceptors (Lipinski definition) is 2. The monoisotopic (exact) mass is 439 g/mol. The van der Waals surface area contributed by atoms with E-state index >= 15 is 0 Å². The molecule has 2 aromatic carbocycles. The third-order valence-corrected chi connectivity index (χ3v) is 7.60. The number of carbonyl (C=O) groups excluding carboxylic acids is 1. The maximum Gasteiger partial charge on any atom is 0.323 e. The van der Waals surface area contributed by atoms with E-state index in [1.54, 1.807) is 11.3 Å². The summed E-state index contributed by atoms with van der Waals surface area (Å²) in [5, 5.41) is 5.38. The second-order valence-corrected chi connectivity index (χ2v) is 9.54. The number of benzene rings is 2. The molecular formula is C27H25N3OS. The first-order valence-electron chi connectivity index (χ1n) is 11.3. The van der Waals surface area contributed by atoms with Gasteiger partial charge in [0.25, 0.3) is 0 Å². The van der Waals surface area contributed by atoms with Gasteiger partial charge in [0.1, 0.15) is 6.04 Å². The Labute approximate surface area is 192 Å². The van der Waals surface area contributed by atoms with E-state index in [1.807, 2.05) is 4.90 Å². The molecule has 4 aromatic rings. The predicted molar refractivity (Wildman–Crippen MR) is 130 cm³/mol. The van der Waals surface area contributed by atoms with Gasteiger partial charge in [0.2, 0.25) is 0 Å². The Morgan fingerprint density at radius 2 is 1.78 bits per heavy atom. The normalized spacial score (nSPS) is 17.1. The van der Waals surface area contributed by atoms with Crippen LogP contribution in [0.4, 0.5) is 10.5 Å². The second kappa shape index (κ2) is 7.99. The predicted octanol–water partition coefficient (Wildman–Crippen LogP) is 6.55. The minimum absolute atomic E-state index is 0.0492. The van der Waals surface area contributed by atoms with Crippen LogP contribution in [0.3, 0.4) is 0 Å². The van der Waals surface area contributed by atoms with E-state index in [0.29, 0.717) is 6.54 Å². The Bertz CT molecular complexity index is 1270. The summed E-state index contributed by atoms with van der Waals surface area (Å²) in [6.45, 7) is 0.557. The molecule has 5 heteroatoms. The fourth-order valence-electron chi connectivity index (χ4n) is 5.17. The zero-order valence-corrected chi connectivity index (χ0v) is 18.6. The molecule has 1 aliphatic heterocycles. The number of aryl methyl sites for hydroxylation is 1. The molecule has 1 aliphatic carbocycles. The number of rotatable bonds is 2. The van der Waals surface area contributed by atoms with E-state index in [2.05, 4.69) is 88.2 Å². The molecule has 0 saturated carbocycles.